The largest absolute Gasteiger partial charge is 0.394 e. The molecule has 0 bridgehead atoms. The molecule has 18 heavy (non-hydrogen) atoms. The molecule has 0 rings (SSSR count). The maximum absolute atomic E-state index is 11.7. The summed E-state index contributed by atoms with van der Waals surface area (Å²) in [6.07, 6.45) is 2.81. The lowest BCUT2D eigenvalue weighted by Gasteiger charge is -2.19. The number of nitrogens with one attached hydrogen (secondary N) is 2. The second kappa shape index (κ2) is 11.4. The van der Waals surface area contributed by atoms with Gasteiger partial charge in [0.05, 0.1) is 18.7 Å². The second-order valence-corrected chi connectivity index (χ2v) is 4.27. The predicted molar refractivity (Wildman–Crippen MR) is 71.6 cm³/mol. The average Bonchev–Trinajstić information content (AvgIpc) is 2.38. The summed E-state index contributed by atoms with van der Waals surface area (Å²) in [4.78, 5) is 11.7. The number of carbonyl (C=O) groups excluding carboxylic acids is 1. The van der Waals surface area contributed by atoms with E-state index in [-0.39, 0.29) is 18.6 Å². The van der Waals surface area contributed by atoms with Crippen LogP contribution in [0.4, 0.5) is 0 Å². The zero-order valence-corrected chi connectivity index (χ0v) is 10.9. The maximum Gasteiger partial charge on any atom is 0.237 e. The quantitative estimate of drug-likeness (QED) is 0.184. The van der Waals surface area contributed by atoms with Crippen LogP contribution < -0.4 is 27.8 Å². The number of nitrogens with two attached hydrogens (primary N) is 3. The first-order valence-corrected chi connectivity index (χ1v) is 6.43. The van der Waals surface area contributed by atoms with Gasteiger partial charge in [-0.1, -0.05) is 0 Å². The molecule has 0 radical (unpaired) electrons. The van der Waals surface area contributed by atoms with Crippen molar-refractivity contribution in [2.24, 2.45) is 17.2 Å². The van der Waals surface area contributed by atoms with Gasteiger partial charge in [0, 0.05) is 6.67 Å². The minimum Gasteiger partial charge on any atom is -0.394 e. The van der Waals surface area contributed by atoms with Crippen LogP contribution >= 0.6 is 0 Å². The van der Waals surface area contributed by atoms with E-state index in [9.17, 15) is 4.79 Å². The van der Waals surface area contributed by atoms with Gasteiger partial charge in [0.1, 0.15) is 0 Å². The summed E-state index contributed by atoms with van der Waals surface area (Å²) in [6.45, 7) is 1.62. The fourth-order valence-corrected chi connectivity index (χ4v) is 1.56. The second-order valence-electron chi connectivity index (χ2n) is 4.27. The molecule has 0 saturated heterocycles. The van der Waals surface area contributed by atoms with Crippen molar-refractivity contribution < 1.29 is 9.90 Å². The number of carbonyl (C=O) groups is 1. The number of aliphatic hydroxyl groups is 1. The molecular formula is C11H27N5O2. The van der Waals surface area contributed by atoms with E-state index in [4.69, 9.17) is 22.3 Å². The van der Waals surface area contributed by atoms with E-state index in [1.165, 1.54) is 0 Å². The Hall–Kier alpha value is -0.730. The van der Waals surface area contributed by atoms with Crippen LogP contribution in [0.3, 0.4) is 0 Å². The lowest BCUT2D eigenvalue weighted by atomic mass is 10.1. The Kier molecular flexibility index (Phi) is 10.9. The molecule has 0 aliphatic rings. The third-order valence-corrected chi connectivity index (χ3v) is 2.67. The molecule has 0 spiro atoms. The highest BCUT2D eigenvalue weighted by molar-refractivity contribution is 5.81. The average molecular weight is 261 g/mol. The van der Waals surface area contributed by atoms with Crippen molar-refractivity contribution in [2.45, 2.75) is 37.8 Å². The molecule has 7 heteroatoms. The predicted octanol–water partition coefficient (Wildman–Crippen LogP) is -2.18. The SMILES string of the molecule is NCCC[C@@H](CO)NC(=O)[C@@H](N)CCCNCN. The Bertz CT molecular complexity index is 216. The number of hydrogen-bond donors (Lipinski definition) is 6. The summed E-state index contributed by atoms with van der Waals surface area (Å²) >= 11 is 0. The molecule has 7 nitrogen and oxygen atoms in total. The molecule has 0 unspecified atom stereocenters. The van der Waals surface area contributed by atoms with Crippen molar-refractivity contribution >= 4 is 5.91 Å². The van der Waals surface area contributed by atoms with Gasteiger partial charge in [-0.05, 0) is 38.8 Å². The smallest absolute Gasteiger partial charge is 0.237 e. The molecule has 0 fully saturated rings. The number of hydrogen-bond acceptors (Lipinski definition) is 6. The van der Waals surface area contributed by atoms with Gasteiger partial charge < -0.3 is 32.9 Å². The summed E-state index contributed by atoms with van der Waals surface area (Å²) in [5, 5.41) is 14.8. The Morgan fingerprint density at radius 1 is 1.22 bits per heavy atom. The van der Waals surface area contributed by atoms with Crippen LogP contribution in [0.25, 0.3) is 0 Å². The van der Waals surface area contributed by atoms with Crippen LogP contribution in [0.5, 0.6) is 0 Å². The van der Waals surface area contributed by atoms with Gasteiger partial charge in [0.15, 0.2) is 0 Å². The van der Waals surface area contributed by atoms with Crippen molar-refractivity contribution in [3.63, 3.8) is 0 Å². The maximum atomic E-state index is 11.7. The van der Waals surface area contributed by atoms with Crippen molar-refractivity contribution in [1.82, 2.24) is 10.6 Å². The molecule has 2 atom stereocenters. The summed E-state index contributed by atoms with van der Waals surface area (Å²) < 4.78 is 0. The molecule has 9 N–H and O–H groups in total. The van der Waals surface area contributed by atoms with Crippen LogP contribution in [0.2, 0.25) is 0 Å². The minimum atomic E-state index is -0.545. The van der Waals surface area contributed by atoms with E-state index in [1.807, 2.05) is 0 Å². The summed E-state index contributed by atoms with van der Waals surface area (Å²) in [7, 11) is 0. The number of aliphatic hydroxyl groups excluding tert-OH is 1. The molecule has 0 aliphatic carbocycles. The van der Waals surface area contributed by atoms with Gasteiger partial charge in [-0.2, -0.15) is 0 Å². The standard InChI is InChI=1S/C11H27N5O2/c12-5-1-3-9(7-17)16-11(18)10(14)4-2-6-15-8-13/h9-10,15,17H,1-8,12-14H2,(H,16,18)/t9-,10-/m0/s1. The first kappa shape index (κ1) is 17.3. The van der Waals surface area contributed by atoms with E-state index >= 15 is 0 Å². The number of amides is 1. The summed E-state index contributed by atoms with van der Waals surface area (Å²) in [5.41, 5.74) is 16.4. The monoisotopic (exact) mass is 261 g/mol. The van der Waals surface area contributed by atoms with Gasteiger partial charge in [-0.3, -0.25) is 4.79 Å². The van der Waals surface area contributed by atoms with Crippen molar-refractivity contribution in [2.75, 3.05) is 26.4 Å². The van der Waals surface area contributed by atoms with Crippen LogP contribution in [-0.4, -0.2) is 49.5 Å². The van der Waals surface area contributed by atoms with Crippen molar-refractivity contribution in [3.8, 4) is 0 Å². The molecule has 0 heterocycles. The molecule has 0 aromatic carbocycles. The van der Waals surface area contributed by atoms with Crippen LogP contribution in [-0.2, 0) is 4.79 Å². The van der Waals surface area contributed by atoms with Crippen LogP contribution in [0, 0.1) is 0 Å². The zero-order valence-electron chi connectivity index (χ0n) is 10.9. The molecule has 0 saturated carbocycles. The zero-order chi connectivity index (χ0) is 13.8. The Balaban J connectivity index is 3.82. The fourth-order valence-electron chi connectivity index (χ4n) is 1.56. The molecule has 0 aliphatic heterocycles. The normalized spacial score (nSPS) is 14.2. The number of rotatable bonds is 11. The summed E-state index contributed by atoms with van der Waals surface area (Å²) in [5.74, 6) is -0.223. The highest BCUT2D eigenvalue weighted by atomic mass is 16.3. The van der Waals surface area contributed by atoms with Crippen LogP contribution in [0.1, 0.15) is 25.7 Å². The Labute approximate surface area is 108 Å². The lowest BCUT2D eigenvalue weighted by molar-refractivity contribution is -0.123. The van der Waals surface area contributed by atoms with Gasteiger partial charge in [-0.25, -0.2) is 0 Å². The summed E-state index contributed by atoms with van der Waals surface area (Å²) in [6, 6.07) is -0.800. The molecular weight excluding hydrogens is 234 g/mol. The van der Waals surface area contributed by atoms with Gasteiger partial charge in [0.2, 0.25) is 5.91 Å². The van der Waals surface area contributed by atoms with Crippen molar-refractivity contribution in [3.05, 3.63) is 0 Å². The van der Waals surface area contributed by atoms with Crippen molar-refractivity contribution in [1.29, 1.82) is 0 Å². The van der Waals surface area contributed by atoms with Crippen LogP contribution in [0.15, 0.2) is 0 Å². The third-order valence-electron chi connectivity index (χ3n) is 2.67. The third kappa shape index (κ3) is 8.37. The van der Waals surface area contributed by atoms with E-state index in [1.54, 1.807) is 0 Å². The molecule has 108 valence electrons. The van der Waals surface area contributed by atoms with Gasteiger partial charge in [0.25, 0.3) is 0 Å². The van der Waals surface area contributed by atoms with E-state index in [2.05, 4.69) is 10.6 Å². The molecule has 0 aromatic heterocycles. The lowest BCUT2D eigenvalue weighted by Crippen LogP contribution is -2.47. The van der Waals surface area contributed by atoms with E-state index in [0.29, 0.717) is 26.1 Å². The van der Waals surface area contributed by atoms with E-state index in [0.717, 1.165) is 19.4 Å². The highest BCUT2D eigenvalue weighted by Crippen LogP contribution is 1.98. The van der Waals surface area contributed by atoms with Gasteiger partial charge >= 0.3 is 0 Å². The highest BCUT2D eigenvalue weighted by Gasteiger charge is 2.16. The first-order valence-electron chi connectivity index (χ1n) is 6.43. The Morgan fingerprint density at radius 3 is 2.50 bits per heavy atom. The first-order chi connectivity index (χ1) is 8.65. The fraction of sp³-hybridized carbons (Fsp3) is 0.909. The van der Waals surface area contributed by atoms with Gasteiger partial charge in [-0.15, -0.1) is 0 Å². The van der Waals surface area contributed by atoms with E-state index < -0.39 is 6.04 Å². The topological polar surface area (TPSA) is 139 Å². The minimum absolute atomic E-state index is 0.0901. The molecule has 0 aromatic rings. The Morgan fingerprint density at radius 2 is 1.94 bits per heavy atom. The molecule has 1 amide bonds.